The highest BCUT2D eigenvalue weighted by atomic mass is 32.2. The van der Waals surface area contributed by atoms with Crippen molar-refractivity contribution in [2.24, 2.45) is 5.92 Å². The number of carboxylic acids is 1. The van der Waals surface area contributed by atoms with Gasteiger partial charge in [-0.1, -0.05) is 6.92 Å². The third kappa shape index (κ3) is 2.81. The number of hydrogen-bond donors (Lipinski definition) is 2. The van der Waals surface area contributed by atoms with E-state index in [-0.39, 0.29) is 5.37 Å². The topological polar surface area (TPSA) is 86.7 Å². The van der Waals surface area contributed by atoms with Crippen molar-refractivity contribution in [3.8, 4) is 0 Å². The van der Waals surface area contributed by atoms with Gasteiger partial charge in [0.05, 0.1) is 5.37 Å². The van der Waals surface area contributed by atoms with Crippen LogP contribution in [0.25, 0.3) is 0 Å². The summed E-state index contributed by atoms with van der Waals surface area (Å²) in [6.45, 7) is 2.21. The molecular weight excluding hydrogens is 276 g/mol. The van der Waals surface area contributed by atoms with Crippen molar-refractivity contribution in [1.82, 2.24) is 9.03 Å². The fourth-order valence-electron chi connectivity index (χ4n) is 2.03. The molecule has 1 saturated carbocycles. The van der Waals surface area contributed by atoms with Gasteiger partial charge in [0.15, 0.2) is 0 Å². The summed E-state index contributed by atoms with van der Waals surface area (Å²) in [5.41, 5.74) is 0. The maximum atomic E-state index is 12.2. The average Bonchev–Trinajstić information content (AvgIpc) is 3.04. The maximum Gasteiger partial charge on any atom is 0.322 e. The number of carbonyl (C=O) groups is 1. The maximum absolute atomic E-state index is 12.2. The Morgan fingerprint density at radius 1 is 1.50 bits per heavy atom. The molecule has 18 heavy (non-hydrogen) atoms. The number of carboxylic acid groups (broad SMARTS) is 1. The Morgan fingerprint density at radius 3 is 2.67 bits per heavy atom. The second-order valence-corrected chi connectivity index (χ2v) is 7.45. The molecule has 1 heterocycles. The molecule has 0 aromatic rings. The molecule has 1 aliphatic carbocycles. The summed E-state index contributed by atoms with van der Waals surface area (Å²) in [4.78, 5) is 11.2. The van der Waals surface area contributed by atoms with Gasteiger partial charge in [-0.3, -0.25) is 4.79 Å². The lowest BCUT2D eigenvalue weighted by atomic mass is 10.3. The SMILES string of the molecule is CCCNS(=O)(=O)N1C(C(=O)O)CSC1C1CC1. The third-order valence-corrected chi connectivity index (χ3v) is 6.31. The second kappa shape index (κ2) is 5.36. The molecule has 0 aromatic heterocycles. The lowest BCUT2D eigenvalue weighted by molar-refractivity contribution is -0.140. The normalized spacial score (nSPS) is 29.6. The van der Waals surface area contributed by atoms with E-state index in [0.29, 0.717) is 24.6 Å². The van der Waals surface area contributed by atoms with E-state index in [0.717, 1.165) is 12.8 Å². The number of hydrogen-bond acceptors (Lipinski definition) is 4. The van der Waals surface area contributed by atoms with Crippen LogP contribution < -0.4 is 4.72 Å². The molecule has 6 nitrogen and oxygen atoms in total. The zero-order valence-corrected chi connectivity index (χ0v) is 11.8. The Bertz CT molecular complexity index is 422. The van der Waals surface area contributed by atoms with Crippen LogP contribution in [0.5, 0.6) is 0 Å². The number of rotatable bonds is 6. The van der Waals surface area contributed by atoms with Gasteiger partial charge >= 0.3 is 5.97 Å². The van der Waals surface area contributed by atoms with Crippen LogP contribution in [0.15, 0.2) is 0 Å². The summed E-state index contributed by atoms with van der Waals surface area (Å²) in [6.07, 6.45) is 2.67. The second-order valence-electron chi connectivity index (χ2n) is 4.64. The molecule has 2 aliphatic rings. The minimum absolute atomic E-state index is 0.208. The van der Waals surface area contributed by atoms with Crippen LogP contribution in [0.4, 0.5) is 0 Å². The smallest absolute Gasteiger partial charge is 0.322 e. The van der Waals surface area contributed by atoms with Gasteiger partial charge in [0.1, 0.15) is 6.04 Å². The Hall–Kier alpha value is -0.310. The summed E-state index contributed by atoms with van der Waals surface area (Å²) >= 11 is 1.44. The minimum atomic E-state index is -3.69. The standard InChI is InChI=1S/C10H18N2O4S2/c1-2-5-11-18(15,16)12-8(10(13)14)6-17-9(12)7-3-4-7/h7-9,11H,2-6H2,1H3,(H,13,14). The Balaban J connectivity index is 2.19. The van der Waals surface area contributed by atoms with Crippen LogP contribution >= 0.6 is 11.8 Å². The Morgan fingerprint density at radius 2 is 2.17 bits per heavy atom. The largest absolute Gasteiger partial charge is 0.480 e. The molecule has 2 rings (SSSR count). The van der Waals surface area contributed by atoms with Gasteiger partial charge in [0, 0.05) is 12.3 Å². The van der Waals surface area contributed by atoms with E-state index in [2.05, 4.69) is 4.72 Å². The van der Waals surface area contributed by atoms with E-state index in [1.165, 1.54) is 16.1 Å². The highest BCUT2D eigenvalue weighted by Gasteiger charge is 2.51. The molecule has 0 spiro atoms. The number of nitrogens with one attached hydrogen (secondary N) is 1. The summed E-state index contributed by atoms with van der Waals surface area (Å²) in [7, 11) is -3.69. The van der Waals surface area contributed by atoms with Crippen molar-refractivity contribution in [2.45, 2.75) is 37.6 Å². The van der Waals surface area contributed by atoms with Crippen LogP contribution in [0, 0.1) is 5.92 Å². The van der Waals surface area contributed by atoms with Gasteiger partial charge in [-0.05, 0) is 25.2 Å². The fraction of sp³-hybridized carbons (Fsp3) is 0.900. The van der Waals surface area contributed by atoms with Crippen LogP contribution in [0.1, 0.15) is 26.2 Å². The van der Waals surface area contributed by atoms with Crippen molar-refractivity contribution >= 4 is 27.9 Å². The molecule has 8 heteroatoms. The number of aliphatic carboxylic acids is 1. The lowest BCUT2D eigenvalue weighted by Crippen LogP contribution is -2.51. The van der Waals surface area contributed by atoms with Gasteiger partial charge in [0.2, 0.25) is 0 Å². The van der Waals surface area contributed by atoms with Crippen molar-refractivity contribution in [2.75, 3.05) is 12.3 Å². The minimum Gasteiger partial charge on any atom is -0.480 e. The van der Waals surface area contributed by atoms with E-state index < -0.39 is 22.2 Å². The first kappa shape index (κ1) is 14.1. The van der Waals surface area contributed by atoms with Crippen LogP contribution in [-0.2, 0) is 15.0 Å². The summed E-state index contributed by atoms with van der Waals surface area (Å²) in [5, 5.41) is 8.94. The van der Waals surface area contributed by atoms with Crippen LogP contribution in [0.2, 0.25) is 0 Å². The predicted octanol–water partition coefficient (Wildman–Crippen LogP) is 0.469. The molecular formula is C10H18N2O4S2. The first-order valence-corrected chi connectivity index (χ1v) is 8.58. The molecule has 104 valence electrons. The molecule has 0 radical (unpaired) electrons. The molecule has 2 fully saturated rings. The van der Waals surface area contributed by atoms with Crippen molar-refractivity contribution in [1.29, 1.82) is 0 Å². The molecule has 0 amide bonds. The quantitative estimate of drug-likeness (QED) is 0.743. The summed E-state index contributed by atoms with van der Waals surface area (Å²) < 4.78 is 28.0. The summed E-state index contributed by atoms with van der Waals surface area (Å²) in [6, 6.07) is -0.935. The van der Waals surface area contributed by atoms with Gasteiger partial charge in [-0.25, -0.2) is 4.72 Å². The monoisotopic (exact) mass is 294 g/mol. The predicted molar refractivity (Wildman–Crippen MR) is 69.4 cm³/mol. The van der Waals surface area contributed by atoms with Crippen molar-refractivity contribution < 1.29 is 18.3 Å². The number of thioether (sulfide) groups is 1. The molecule has 1 saturated heterocycles. The van der Waals surface area contributed by atoms with Gasteiger partial charge in [0.25, 0.3) is 10.2 Å². The molecule has 2 atom stereocenters. The molecule has 0 bridgehead atoms. The molecule has 0 aromatic carbocycles. The van der Waals surface area contributed by atoms with E-state index in [4.69, 9.17) is 5.11 Å². The van der Waals surface area contributed by atoms with E-state index in [9.17, 15) is 13.2 Å². The van der Waals surface area contributed by atoms with Crippen molar-refractivity contribution in [3.05, 3.63) is 0 Å². The first-order chi connectivity index (χ1) is 8.47. The molecule has 2 N–H and O–H groups in total. The Kier molecular flexibility index (Phi) is 4.20. The number of nitrogens with zero attached hydrogens (tertiary/aromatic N) is 1. The van der Waals surface area contributed by atoms with Crippen molar-refractivity contribution in [3.63, 3.8) is 0 Å². The Labute approximate surface area is 111 Å². The lowest BCUT2D eigenvalue weighted by Gasteiger charge is -2.26. The first-order valence-electron chi connectivity index (χ1n) is 6.10. The van der Waals surface area contributed by atoms with Crippen LogP contribution in [0.3, 0.4) is 0 Å². The van der Waals surface area contributed by atoms with Gasteiger partial charge in [-0.15, -0.1) is 11.8 Å². The summed E-state index contributed by atoms with van der Waals surface area (Å²) in [5.74, 6) is -0.408. The third-order valence-electron chi connectivity index (χ3n) is 3.11. The molecule has 2 unspecified atom stereocenters. The van der Waals surface area contributed by atoms with Crippen LogP contribution in [-0.4, -0.2) is 47.5 Å². The molecule has 1 aliphatic heterocycles. The van der Waals surface area contributed by atoms with E-state index in [1.54, 1.807) is 0 Å². The fourth-order valence-corrected chi connectivity index (χ4v) is 5.72. The highest BCUT2D eigenvalue weighted by molar-refractivity contribution is 8.01. The van der Waals surface area contributed by atoms with E-state index in [1.807, 2.05) is 6.92 Å². The zero-order chi connectivity index (χ0) is 13.3. The van der Waals surface area contributed by atoms with Gasteiger partial charge < -0.3 is 5.11 Å². The van der Waals surface area contributed by atoms with Gasteiger partial charge in [-0.2, -0.15) is 12.7 Å². The van der Waals surface area contributed by atoms with E-state index >= 15 is 0 Å². The average molecular weight is 294 g/mol. The zero-order valence-electron chi connectivity index (χ0n) is 10.2. The highest BCUT2D eigenvalue weighted by Crippen LogP contribution is 2.46.